The molecule has 3 rings (SSSR count). The molecule has 1 heterocycles. The van der Waals surface area contributed by atoms with Gasteiger partial charge >= 0.3 is 0 Å². The molecule has 3 aromatic rings. The van der Waals surface area contributed by atoms with Crippen LogP contribution in [0.1, 0.15) is 15.9 Å². The minimum atomic E-state index is -1.08. The minimum Gasteiger partial charge on any atom is -0.319 e. The molecule has 1 N–H and O–H groups in total. The topological polar surface area (TPSA) is 54.9 Å². The van der Waals surface area contributed by atoms with Crippen molar-refractivity contribution in [1.29, 1.82) is 0 Å². The van der Waals surface area contributed by atoms with Gasteiger partial charge in [0.25, 0.3) is 5.91 Å². The maximum atomic E-state index is 13.2. The zero-order valence-electron chi connectivity index (χ0n) is 12.8. The van der Waals surface area contributed by atoms with Gasteiger partial charge in [-0.25, -0.2) is 18.7 Å². The number of anilines is 1. The fourth-order valence-electron chi connectivity index (χ4n) is 2.08. The van der Waals surface area contributed by atoms with Gasteiger partial charge in [-0.05, 0) is 25.1 Å². The van der Waals surface area contributed by atoms with Crippen molar-refractivity contribution >= 4 is 11.6 Å². The van der Waals surface area contributed by atoms with E-state index in [0.717, 1.165) is 23.3 Å². The third kappa shape index (κ3) is 3.43. The predicted octanol–water partition coefficient (Wildman–Crippen LogP) is 3.98. The second kappa shape index (κ2) is 6.54. The molecule has 0 saturated heterocycles. The number of halogens is 2. The van der Waals surface area contributed by atoms with Gasteiger partial charge in [-0.3, -0.25) is 4.79 Å². The quantitative estimate of drug-likeness (QED) is 0.792. The molecule has 0 bridgehead atoms. The molecule has 0 aliphatic rings. The van der Waals surface area contributed by atoms with Crippen molar-refractivity contribution in [2.75, 3.05) is 5.32 Å². The summed E-state index contributed by atoms with van der Waals surface area (Å²) in [7, 11) is 0. The molecular weight excluding hydrogens is 312 g/mol. The molecule has 0 spiro atoms. The first-order valence-corrected chi connectivity index (χ1v) is 7.18. The first-order chi connectivity index (χ1) is 11.5. The number of amides is 1. The van der Waals surface area contributed by atoms with Crippen LogP contribution >= 0.6 is 0 Å². The second-order valence-corrected chi connectivity index (χ2v) is 5.24. The summed E-state index contributed by atoms with van der Waals surface area (Å²) in [6.45, 7) is 1.99. The molecule has 1 aromatic heterocycles. The molecule has 4 nitrogen and oxygen atoms in total. The Hall–Kier alpha value is -3.15. The second-order valence-electron chi connectivity index (χ2n) is 5.24. The van der Waals surface area contributed by atoms with Crippen molar-refractivity contribution in [3.63, 3.8) is 0 Å². The molecule has 0 radical (unpaired) electrons. The summed E-state index contributed by atoms with van der Waals surface area (Å²) in [6, 6.07) is 10.7. The Labute approximate surface area is 137 Å². The molecule has 0 aliphatic heterocycles. The van der Waals surface area contributed by atoms with Crippen molar-refractivity contribution in [3.05, 3.63) is 77.6 Å². The standard InChI is InChI=1S/C18H13F2N3O/c1-11-2-4-12(5-3-11)17-21-9-14(10-22-17)23-18(24)13-6-7-15(19)16(20)8-13/h2-10H,1H3,(H,23,24). The van der Waals surface area contributed by atoms with Crippen LogP contribution in [0, 0.1) is 18.6 Å². The van der Waals surface area contributed by atoms with Crippen LogP contribution < -0.4 is 5.32 Å². The predicted molar refractivity (Wildman–Crippen MR) is 86.5 cm³/mol. The Bertz CT molecular complexity index is 878. The number of carbonyl (C=O) groups is 1. The van der Waals surface area contributed by atoms with E-state index in [9.17, 15) is 13.6 Å². The molecule has 0 fully saturated rings. The lowest BCUT2D eigenvalue weighted by Crippen LogP contribution is -2.13. The zero-order valence-corrected chi connectivity index (χ0v) is 12.8. The number of carbonyl (C=O) groups excluding carboxylic acids is 1. The maximum absolute atomic E-state index is 13.2. The number of nitrogens with zero attached hydrogens (tertiary/aromatic N) is 2. The van der Waals surface area contributed by atoms with Crippen LogP contribution in [0.5, 0.6) is 0 Å². The third-order valence-corrected chi connectivity index (χ3v) is 3.40. The molecule has 24 heavy (non-hydrogen) atoms. The van der Waals surface area contributed by atoms with E-state index in [1.54, 1.807) is 0 Å². The summed E-state index contributed by atoms with van der Waals surface area (Å²) >= 11 is 0. The highest BCUT2D eigenvalue weighted by atomic mass is 19.2. The molecule has 0 saturated carbocycles. The van der Waals surface area contributed by atoms with Crippen LogP contribution in [0.2, 0.25) is 0 Å². The monoisotopic (exact) mass is 325 g/mol. The number of hydrogen-bond acceptors (Lipinski definition) is 3. The van der Waals surface area contributed by atoms with E-state index in [-0.39, 0.29) is 5.56 Å². The lowest BCUT2D eigenvalue weighted by atomic mass is 10.1. The van der Waals surface area contributed by atoms with Gasteiger partial charge in [0.15, 0.2) is 17.5 Å². The van der Waals surface area contributed by atoms with E-state index < -0.39 is 17.5 Å². The fourth-order valence-corrected chi connectivity index (χ4v) is 2.08. The van der Waals surface area contributed by atoms with E-state index in [1.165, 1.54) is 18.5 Å². The number of rotatable bonds is 3. The molecule has 0 atom stereocenters. The molecule has 0 unspecified atom stereocenters. The van der Waals surface area contributed by atoms with E-state index in [4.69, 9.17) is 0 Å². The summed E-state index contributed by atoms with van der Waals surface area (Å²) in [5.74, 6) is -2.12. The maximum Gasteiger partial charge on any atom is 0.255 e. The van der Waals surface area contributed by atoms with Crippen molar-refractivity contribution in [2.24, 2.45) is 0 Å². The van der Waals surface area contributed by atoms with Crippen LogP contribution in [-0.2, 0) is 0 Å². The normalized spacial score (nSPS) is 10.5. The van der Waals surface area contributed by atoms with Gasteiger partial charge in [0.2, 0.25) is 0 Å². The molecule has 0 aliphatic carbocycles. The number of nitrogens with one attached hydrogen (secondary N) is 1. The molecular formula is C18H13F2N3O. The number of hydrogen-bond donors (Lipinski definition) is 1. The fraction of sp³-hybridized carbons (Fsp3) is 0.0556. The summed E-state index contributed by atoms with van der Waals surface area (Å²) in [4.78, 5) is 20.4. The number of aromatic nitrogens is 2. The molecule has 2 aromatic carbocycles. The highest BCUT2D eigenvalue weighted by Crippen LogP contribution is 2.17. The Morgan fingerprint density at radius 3 is 2.25 bits per heavy atom. The van der Waals surface area contributed by atoms with Gasteiger partial charge in [0.1, 0.15) is 0 Å². The van der Waals surface area contributed by atoms with E-state index in [0.29, 0.717) is 11.5 Å². The third-order valence-electron chi connectivity index (χ3n) is 3.40. The SMILES string of the molecule is Cc1ccc(-c2ncc(NC(=O)c3ccc(F)c(F)c3)cn2)cc1. The Balaban J connectivity index is 1.75. The molecule has 6 heteroatoms. The summed E-state index contributed by atoms with van der Waals surface area (Å²) < 4.78 is 26.1. The highest BCUT2D eigenvalue weighted by Gasteiger charge is 2.10. The van der Waals surface area contributed by atoms with Crippen LogP contribution in [0.15, 0.2) is 54.9 Å². The Kier molecular flexibility index (Phi) is 4.29. The van der Waals surface area contributed by atoms with Crippen LogP contribution in [0.4, 0.5) is 14.5 Å². The summed E-state index contributed by atoms with van der Waals surface area (Å²) in [5.41, 5.74) is 2.37. The first kappa shape index (κ1) is 15.7. The van der Waals surface area contributed by atoms with Gasteiger partial charge in [-0.2, -0.15) is 0 Å². The Morgan fingerprint density at radius 1 is 0.958 bits per heavy atom. The van der Waals surface area contributed by atoms with Crippen molar-refractivity contribution in [1.82, 2.24) is 9.97 Å². The summed E-state index contributed by atoms with van der Waals surface area (Å²) in [5, 5.41) is 2.54. The average molecular weight is 325 g/mol. The van der Waals surface area contributed by atoms with Crippen molar-refractivity contribution < 1.29 is 13.6 Å². The van der Waals surface area contributed by atoms with Gasteiger partial charge in [0.05, 0.1) is 18.1 Å². The van der Waals surface area contributed by atoms with Crippen molar-refractivity contribution in [2.45, 2.75) is 6.92 Å². The lowest BCUT2D eigenvalue weighted by molar-refractivity contribution is 0.102. The van der Waals surface area contributed by atoms with E-state index >= 15 is 0 Å². The molecule has 120 valence electrons. The summed E-state index contributed by atoms with van der Waals surface area (Å²) in [6.07, 6.45) is 2.92. The van der Waals surface area contributed by atoms with E-state index in [1.807, 2.05) is 31.2 Å². The number of aryl methyl sites for hydroxylation is 1. The lowest BCUT2D eigenvalue weighted by Gasteiger charge is -2.06. The van der Waals surface area contributed by atoms with E-state index in [2.05, 4.69) is 15.3 Å². The van der Waals surface area contributed by atoms with Crippen molar-refractivity contribution in [3.8, 4) is 11.4 Å². The largest absolute Gasteiger partial charge is 0.319 e. The molecule has 1 amide bonds. The highest BCUT2D eigenvalue weighted by molar-refractivity contribution is 6.04. The smallest absolute Gasteiger partial charge is 0.255 e. The average Bonchev–Trinajstić information content (AvgIpc) is 2.59. The van der Waals surface area contributed by atoms with Crippen LogP contribution in [0.25, 0.3) is 11.4 Å². The Morgan fingerprint density at radius 2 is 1.62 bits per heavy atom. The first-order valence-electron chi connectivity index (χ1n) is 7.18. The van der Waals surface area contributed by atoms with Gasteiger partial charge in [-0.15, -0.1) is 0 Å². The van der Waals surface area contributed by atoms with Gasteiger partial charge in [-0.1, -0.05) is 29.8 Å². The number of benzene rings is 2. The zero-order chi connectivity index (χ0) is 17.1. The van der Waals surface area contributed by atoms with Gasteiger partial charge in [0, 0.05) is 11.1 Å². The van der Waals surface area contributed by atoms with Crippen LogP contribution in [0.3, 0.4) is 0 Å². The van der Waals surface area contributed by atoms with Gasteiger partial charge < -0.3 is 5.32 Å². The minimum absolute atomic E-state index is 0.0107. The van der Waals surface area contributed by atoms with Crippen LogP contribution in [-0.4, -0.2) is 15.9 Å².